The van der Waals surface area contributed by atoms with E-state index in [0.717, 1.165) is 11.3 Å². The molecule has 9 heteroatoms. The number of halogens is 2. The third-order valence-corrected chi connectivity index (χ3v) is 5.53. The fraction of sp³-hybridized carbons (Fsp3) is 0.0500. The minimum atomic E-state index is -1.21. The molecule has 0 aliphatic heterocycles. The molecule has 29 heavy (non-hydrogen) atoms. The van der Waals surface area contributed by atoms with Gasteiger partial charge >= 0.3 is 5.97 Å². The van der Waals surface area contributed by atoms with Crippen LogP contribution >= 0.6 is 22.9 Å². The molecule has 2 N–H and O–H groups in total. The molecule has 0 bridgehead atoms. The number of aromatic nitrogens is 2. The first kappa shape index (κ1) is 19.1. The second-order valence-corrected chi connectivity index (χ2v) is 7.55. The van der Waals surface area contributed by atoms with Crippen LogP contribution in [-0.2, 0) is 0 Å². The Morgan fingerprint density at radius 1 is 1.21 bits per heavy atom. The number of benzene rings is 1. The van der Waals surface area contributed by atoms with Gasteiger partial charge in [0.1, 0.15) is 16.2 Å². The number of anilines is 1. The molecule has 3 aromatic heterocycles. The molecular formula is C20H13ClFN3O3S. The van der Waals surface area contributed by atoms with Gasteiger partial charge in [-0.05, 0) is 36.8 Å². The number of carbonyl (C=O) groups excluding carboxylic acids is 1. The number of carboxylic acid groups (broad SMARTS) is 1. The van der Waals surface area contributed by atoms with Crippen molar-refractivity contribution in [1.29, 1.82) is 0 Å². The van der Waals surface area contributed by atoms with E-state index in [1.807, 2.05) is 0 Å². The number of carbonyl (C=O) groups is 2. The van der Waals surface area contributed by atoms with Crippen LogP contribution in [0.3, 0.4) is 0 Å². The zero-order valence-corrected chi connectivity index (χ0v) is 16.5. The van der Waals surface area contributed by atoms with E-state index in [2.05, 4.69) is 10.3 Å². The number of imidazole rings is 1. The maximum atomic E-state index is 14.7. The summed E-state index contributed by atoms with van der Waals surface area (Å²) in [6.45, 7) is 1.69. The molecule has 4 rings (SSSR count). The lowest BCUT2D eigenvalue weighted by Crippen LogP contribution is -2.15. The van der Waals surface area contributed by atoms with Gasteiger partial charge in [0.15, 0.2) is 5.69 Å². The van der Waals surface area contributed by atoms with E-state index in [-0.39, 0.29) is 10.6 Å². The van der Waals surface area contributed by atoms with E-state index in [9.17, 15) is 19.1 Å². The number of aryl methyl sites for hydroxylation is 1. The minimum absolute atomic E-state index is 0.0778. The highest BCUT2D eigenvalue weighted by Crippen LogP contribution is 2.36. The average molecular weight is 430 g/mol. The van der Waals surface area contributed by atoms with Crippen molar-refractivity contribution < 1.29 is 19.1 Å². The van der Waals surface area contributed by atoms with Crippen LogP contribution in [0.5, 0.6) is 0 Å². The fourth-order valence-corrected chi connectivity index (χ4v) is 4.11. The summed E-state index contributed by atoms with van der Waals surface area (Å²) < 4.78 is 15.9. The van der Waals surface area contributed by atoms with Crippen LogP contribution in [0.4, 0.5) is 9.39 Å². The van der Waals surface area contributed by atoms with E-state index in [1.54, 1.807) is 54.8 Å². The van der Waals surface area contributed by atoms with Crippen molar-refractivity contribution in [2.45, 2.75) is 6.92 Å². The number of hydrogen-bond donors (Lipinski definition) is 2. The lowest BCUT2D eigenvalue weighted by atomic mass is 10.0. The van der Waals surface area contributed by atoms with Crippen LogP contribution in [-0.4, -0.2) is 26.4 Å². The molecule has 3 heterocycles. The maximum absolute atomic E-state index is 14.7. The van der Waals surface area contributed by atoms with Gasteiger partial charge in [0.05, 0.1) is 0 Å². The summed E-state index contributed by atoms with van der Waals surface area (Å²) in [7, 11) is 0. The van der Waals surface area contributed by atoms with Gasteiger partial charge < -0.3 is 10.4 Å². The standard InChI is InChI=1S/C20H13ClFN3O3S/c1-10-3-2-4-14-23-16(17(22)25(10)14)18(26)24-19-15(20(27)28)13(9-29-19)11-5-7-12(21)8-6-11/h2-9H,1H3,(H,24,26)(H,27,28). The van der Waals surface area contributed by atoms with Crippen LogP contribution < -0.4 is 5.32 Å². The third kappa shape index (κ3) is 3.37. The highest BCUT2D eigenvalue weighted by atomic mass is 35.5. The Hall–Kier alpha value is -3.23. The molecule has 0 saturated heterocycles. The minimum Gasteiger partial charge on any atom is -0.478 e. The van der Waals surface area contributed by atoms with Gasteiger partial charge in [-0.25, -0.2) is 9.78 Å². The predicted octanol–water partition coefficient (Wildman–Crippen LogP) is 5.11. The van der Waals surface area contributed by atoms with Crippen LogP contribution in [0, 0.1) is 12.9 Å². The molecular weight excluding hydrogens is 417 g/mol. The van der Waals surface area contributed by atoms with Gasteiger partial charge in [0.2, 0.25) is 5.95 Å². The van der Waals surface area contributed by atoms with Crippen LogP contribution in [0.2, 0.25) is 5.02 Å². The number of carboxylic acids is 1. The van der Waals surface area contributed by atoms with E-state index in [1.165, 1.54) is 4.40 Å². The lowest BCUT2D eigenvalue weighted by molar-refractivity contribution is 0.0699. The SMILES string of the molecule is Cc1cccc2nc(C(=O)Nc3scc(-c4ccc(Cl)cc4)c3C(=O)O)c(F)n12. The summed E-state index contributed by atoms with van der Waals surface area (Å²) >= 11 is 6.93. The lowest BCUT2D eigenvalue weighted by Gasteiger charge is -2.05. The molecule has 0 saturated carbocycles. The summed E-state index contributed by atoms with van der Waals surface area (Å²) in [6, 6.07) is 11.7. The van der Waals surface area contributed by atoms with Gasteiger partial charge in [0.25, 0.3) is 5.91 Å². The number of nitrogens with one attached hydrogen (secondary N) is 1. The van der Waals surface area contributed by atoms with Crippen molar-refractivity contribution in [3.63, 3.8) is 0 Å². The van der Waals surface area contributed by atoms with Gasteiger partial charge in [0, 0.05) is 21.7 Å². The van der Waals surface area contributed by atoms with Crippen LogP contribution in [0.15, 0.2) is 47.8 Å². The number of fused-ring (bicyclic) bond motifs is 1. The van der Waals surface area contributed by atoms with Gasteiger partial charge in [-0.2, -0.15) is 4.39 Å². The van der Waals surface area contributed by atoms with E-state index < -0.39 is 23.5 Å². The van der Waals surface area contributed by atoms with Crippen molar-refractivity contribution in [1.82, 2.24) is 9.38 Å². The molecule has 1 aromatic carbocycles. The molecule has 0 spiro atoms. The summed E-state index contributed by atoms with van der Waals surface area (Å²) in [6.07, 6.45) is 0. The molecule has 146 valence electrons. The number of rotatable bonds is 4. The number of nitrogens with zero attached hydrogens (tertiary/aromatic N) is 2. The highest BCUT2D eigenvalue weighted by Gasteiger charge is 2.25. The van der Waals surface area contributed by atoms with Crippen LogP contribution in [0.25, 0.3) is 16.8 Å². The second-order valence-electron chi connectivity index (χ2n) is 6.23. The zero-order valence-electron chi connectivity index (χ0n) is 14.9. The van der Waals surface area contributed by atoms with Crippen molar-refractivity contribution in [3.05, 3.63) is 75.8 Å². The van der Waals surface area contributed by atoms with Crippen molar-refractivity contribution in [2.75, 3.05) is 5.32 Å². The molecule has 0 atom stereocenters. The predicted molar refractivity (Wildman–Crippen MR) is 110 cm³/mol. The number of thiophene rings is 1. The first-order chi connectivity index (χ1) is 13.9. The van der Waals surface area contributed by atoms with Crippen molar-refractivity contribution in [3.8, 4) is 11.1 Å². The summed E-state index contributed by atoms with van der Waals surface area (Å²) in [5.74, 6) is -2.84. The maximum Gasteiger partial charge on any atom is 0.339 e. The first-order valence-corrected chi connectivity index (χ1v) is 9.68. The Morgan fingerprint density at radius 2 is 1.93 bits per heavy atom. The molecule has 0 radical (unpaired) electrons. The Balaban J connectivity index is 1.72. The van der Waals surface area contributed by atoms with E-state index in [4.69, 9.17) is 11.6 Å². The molecule has 6 nitrogen and oxygen atoms in total. The largest absolute Gasteiger partial charge is 0.478 e. The smallest absolute Gasteiger partial charge is 0.339 e. The van der Waals surface area contributed by atoms with Gasteiger partial charge in [-0.15, -0.1) is 11.3 Å². The summed E-state index contributed by atoms with van der Waals surface area (Å²) in [5.41, 5.74) is 1.46. The molecule has 0 fully saturated rings. The third-order valence-electron chi connectivity index (χ3n) is 4.38. The Morgan fingerprint density at radius 3 is 2.59 bits per heavy atom. The number of amides is 1. The molecule has 0 aliphatic carbocycles. The number of pyridine rings is 1. The first-order valence-electron chi connectivity index (χ1n) is 8.42. The number of hydrogen-bond acceptors (Lipinski definition) is 4. The molecule has 1 amide bonds. The topological polar surface area (TPSA) is 83.7 Å². The van der Waals surface area contributed by atoms with Gasteiger partial charge in [-0.3, -0.25) is 9.20 Å². The number of aromatic carboxylic acids is 1. The van der Waals surface area contributed by atoms with E-state index >= 15 is 0 Å². The van der Waals surface area contributed by atoms with Crippen molar-refractivity contribution in [2.24, 2.45) is 0 Å². The second kappa shape index (κ2) is 7.31. The summed E-state index contributed by atoms with van der Waals surface area (Å²) in [5, 5.41) is 14.4. The zero-order chi connectivity index (χ0) is 20.7. The van der Waals surface area contributed by atoms with Crippen molar-refractivity contribution >= 4 is 45.5 Å². The average Bonchev–Trinajstić information content (AvgIpc) is 3.24. The van der Waals surface area contributed by atoms with Crippen LogP contribution in [0.1, 0.15) is 26.5 Å². The van der Waals surface area contributed by atoms with E-state index in [0.29, 0.717) is 27.5 Å². The monoisotopic (exact) mass is 429 g/mol. The highest BCUT2D eigenvalue weighted by molar-refractivity contribution is 7.15. The fourth-order valence-electron chi connectivity index (χ4n) is 3.02. The molecule has 4 aromatic rings. The molecule has 0 unspecified atom stereocenters. The molecule has 0 aliphatic rings. The quantitative estimate of drug-likeness (QED) is 0.472. The Kier molecular flexibility index (Phi) is 4.81. The van der Waals surface area contributed by atoms with Gasteiger partial charge in [-0.1, -0.05) is 29.8 Å². The normalized spacial score (nSPS) is 11.0. The summed E-state index contributed by atoms with van der Waals surface area (Å²) in [4.78, 5) is 28.5. The Bertz CT molecular complexity index is 1260. The Labute approximate surface area is 173 Å².